The number of carbonyl (C=O) groups is 1. The number of nitrogens with zero attached hydrogens (tertiary/aromatic N) is 1. The molecule has 0 saturated carbocycles. The highest BCUT2D eigenvalue weighted by Crippen LogP contribution is 2.12. The normalized spacial score (nSPS) is 10.1. The Kier molecular flexibility index (Phi) is 3.96. The van der Waals surface area contributed by atoms with Gasteiger partial charge in [0.05, 0.1) is 7.11 Å². The number of methoxy groups -OCH3 is 1. The van der Waals surface area contributed by atoms with Gasteiger partial charge in [0, 0.05) is 6.54 Å². The van der Waals surface area contributed by atoms with Gasteiger partial charge < -0.3 is 14.5 Å². The zero-order valence-corrected chi connectivity index (χ0v) is 10.1. The van der Waals surface area contributed by atoms with Crippen molar-refractivity contribution in [3.63, 3.8) is 0 Å². The average molecular weight is 246 g/mol. The molecule has 0 radical (unpaired) electrons. The predicted molar refractivity (Wildman–Crippen MR) is 65.5 cm³/mol. The maximum atomic E-state index is 11.6. The van der Waals surface area contributed by atoms with Gasteiger partial charge in [0.1, 0.15) is 12.0 Å². The summed E-state index contributed by atoms with van der Waals surface area (Å²) in [5.41, 5.74) is 1.40. The van der Waals surface area contributed by atoms with Crippen LogP contribution in [0.2, 0.25) is 0 Å². The monoisotopic (exact) mass is 246 g/mol. The van der Waals surface area contributed by atoms with Crippen molar-refractivity contribution in [2.24, 2.45) is 0 Å². The van der Waals surface area contributed by atoms with E-state index in [1.165, 1.54) is 12.7 Å². The van der Waals surface area contributed by atoms with Gasteiger partial charge in [-0.3, -0.25) is 4.79 Å². The molecular formula is C13H14N2O3. The van der Waals surface area contributed by atoms with Gasteiger partial charge in [-0.15, -0.1) is 0 Å². The standard InChI is InChI=1S/C13H14N2O3/c1-17-11-4-2-3-10(7-11)5-6-14-13(16)12-8-18-9-15-12/h2-4,7-9H,5-6H2,1H3,(H,14,16). The van der Waals surface area contributed by atoms with Gasteiger partial charge in [-0.05, 0) is 24.1 Å². The van der Waals surface area contributed by atoms with Gasteiger partial charge in [-0.1, -0.05) is 12.1 Å². The summed E-state index contributed by atoms with van der Waals surface area (Å²) in [6, 6.07) is 7.75. The van der Waals surface area contributed by atoms with Crippen LogP contribution >= 0.6 is 0 Å². The van der Waals surface area contributed by atoms with Crippen LogP contribution in [0.5, 0.6) is 5.75 Å². The van der Waals surface area contributed by atoms with E-state index in [2.05, 4.69) is 10.3 Å². The summed E-state index contributed by atoms with van der Waals surface area (Å²) >= 11 is 0. The number of aromatic nitrogens is 1. The molecule has 94 valence electrons. The van der Waals surface area contributed by atoms with Crippen molar-refractivity contribution >= 4 is 5.91 Å². The summed E-state index contributed by atoms with van der Waals surface area (Å²) in [7, 11) is 1.63. The first-order valence-electron chi connectivity index (χ1n) is 5.59. The lowest BCUT2D eigenvalue weighted by Gasteiger charge is -2.05. The summed E-state index contributed by atoms with van der Waals surface area (Å²) in [5.74, 6) is 0.585. The Bertz CT molecular complexity index is 509. The smallest absolute Gasteiger partial charge is 0.273 e. The number of nitrogens with one attached hydrogen (secondary N) is 1. The van der Waals surface area contributed by atoms with Crippen LogP contribution in [0.1, 0.15) is 16.1 Å². The summed E-state index contributed by atoms with van der Waals surface area (Å²) in [6.45, 7) is 0.541. The topological polar surface area (TPSA) is 64.4 Å². The first kappa shape index (κ1) is 12.2. The molecule has 0 bridgehead atoms. The molecule has 0 unspecified atom stereocenters. The third kappa shape index (κ3) is 3.10. The molecule has 1 heterocycles. The summed E-state index contributed by atoms with van der Waals surface area (Å²) in [6.07, 6.45) is 3.29. The molecule has 0 fully saturated rings. The molecule has 0 aliphatic rings. The van der Waals surface area contributed by atoms with Crippen molar-refractivity contribution in [3.05, 3.63) is 48.2 Å². The maximum Gasteiger partial charge on any atom is 0.273 e. The molecular weight excluding hydrogens is 232 g/mol. The summed E-state index contributed by atoms with van der Waals surface area (Å²) < 4.78 is 9.87. The van der Waals surface area contributed by atoms with Crippen LogP contribution in [0, 0.1) is 0 Å². The number of amides is 1. The minimum absolute atomic E-state index is 0.230. The van der Waals surface area contributed by atoms with Crippen molar-refractivity contribution < 1.29 is 13.9 Å². The second-order valence-corrected chi connectivity index (χ2v) is 3.73. The van der Waals surface area contributed by atoms with Crippen molar-refractivity contribution in [3.8, 4) is 5.75 Å². The van der Waals surface area contributed by atoms with Crippen molar-refractivity contribution in [2.75, 3.05) is 13.7 Å². The first-order chi connectivity index (χ1) is 8.79. The molecule has 5 nitrogen and oxygen atoms in total. The molecule has 1 aromatic heterocycles. The van der Waals surface area contributed by atoms with Gasteiger partial charge in [0.2, 0.25) is 0 Å². The molecule has 2 rings (SSSR count). The minimum atomic E-state index is -0.230. The Morgan fingerprint density at radius 2 is 2.39 bits per heavy atom. The van der Waals surface area contributed by atoms with E-state index < -0.39 is 0 Å². The number of hydrogen-bond acceptors (Lipinski definition) is 4. The fourth-order valence-electron chi connectivity index (χ4n) is 1.56. The van der Waals surface area contributed by atoms with E-state index in [1.807, 2.05) is 24.3 Å². The number of benzene rings is 1. The molecule has 1 N–H and O–H groups in total. The lowest BCUT2D eigenvalue weighted by atomic mass is 10.1. The predicted octanol–water partition coefficient (Wildman–Crippen LogP) is 1.66. The van der Waals surface area contributed by atoms with Crippen molar-refractivity contribution in [1.82, 2.24) is 10.3 Å². The Morgan fingerprint density at radius 1 is 1.50 bits per heavy atom. The maximum absolute atomic E-state index is 11.6. The van der Waals surface area contributed by atoms with E-state index in [9.17, 15) is 4.79 Å². The number of hydrogen-bond donors (Lipinski definition) is 1. The Labute approximate surface area is 105 Å². The fraction of sp³-hybridized carbons (Fsp3) is 0.231. The molecule has 1 aromatic carbocycles. The third-order valence-corrected chi connectivity index (χ3v) is 2.50. The van der Waals surface area contributed by atoms with Crippen molar-refractivity contribution in [2.45, 2.75) is 6.42 Å². The first-order valence-corrected chi connectivity index (χ1v) is 5.59. The van der Waals surface area contributed by atoms with E-state index in [-0.39, 0.29) is 5.91 Å². The zero-order valence-electron chi connectivity index (χ0n) is 10.1. The molecule has 0 atom stereocenters. The molecule has 2 aromatic rings. The molecule has 0 saturated heterocycles. The van der Waals surface area contributed by atoms with Gasteiger partial charge in [-0.2, -0.15) is 0 Å². The van der Waals surface area contributed by atoms with Crippen LogP contribution in [0.25, 0.3) is 0 Å². The Hall–Kier alpha value is -2.30. The van der Waals surface area contributed by atoms with Crippen LogP contribution < -0.4 is 10.1 Å². The summed E-state index contributed by atoms with van der Waals surface area (Å²) in [4.78, 5) is 15.3. The van der Waals surface area contributed by atoms with Gasteiger partial charge in [0.15, 0.2) is 12.1 Å². The average Bonchev–Trinajstić information content (AvgIpc) is 2.93. The molecule has 5 heteroatoms. The SMILES string of the molecule is COc1cccc(CCNC(=O)c2cocn2)c1. The highest BCUT2D eigenvalue weighted by atomic mass is 16.5. The van der Waals surface area contributed by atoms with Crippen LogP contribution in [-0.4, -0.2) is 24.5 Å². The highest BCUT2D eigenvalue weighted by Gasteiger charge is 2.07. The minimum Gasteiger partial charge on any atom is -0.497 e. The second kappa shape index (κ2) is 5.86. The van der Waals surface area contributed by atoms with Crippen LogP contribution in [0.15, 0.2) is 41.3 Å². The molecule has 1 amide bonds. The zero-order chi connectivity index (χ0) is 12.8. The Morgan fingerprint density at radius 3 is 3.11 bits per heavy atom. The van der Waals surface area contributed by atoms with Crippen LogP contribution in [0.4, 0.5) is 0 Å². The van der Waals surface area contributed by atoms with E-state index in [0.29, 0.717) is 12.2 Å². The number of rotatable bonds is 5. The largest absolute Gasteiger partial charge is 0.497 e. The Balaban J connectivity index is 1.83. The van der Waals surface area contributed by atoms with Crippen molar-refractivity contribution in [1.29, 1.82) is 0 Å². The lowest BCUT2D eigenvalue weighted by molar-refractivity contribution is 0.0949. The quantitative estimate of drug-likeness (QED) is 0.871. The van der Waals surface area contributed by atoms with Gasteiger partial charge in [0.25, 0.3) is 5.91 Å². The molecule has 0 aliphatic heterocycles. The summed E-state index contributed by atoms with van der Waals surface area (Å²) in [5, 5.41) is 2.77. The van der Waals surface area contributed by atoms with Crippen LogP contribution in [0.3, 0.4) is 0 Å². The lowest BCUT2D eigenvalue weighted by Crippen LogP contribution is -2.25. The van der Waals surface area contributed by atoms with Gasteiger partial charge in [-0.25, -0.2) is 4.98 Å². The molecule has 18 heavy (non-hydrogen) atoms. The number of carbonyl (C=O) groups excluding carboxylic acids is 1. The number of oxazole rings is 1. The van der Waals surface area contributed by atoms with E-state index in [0.717, 1.165) is 17.7 Å². The van der Waals surface area contributed by atoms with E-state index in [4.69, 9.17) is 9.15 Å². The third-order valence-electron chi connectivity index (χ3n) is 2.50. The second-order valence-electron chi connectivity index (χ2n) is 3.73. The van der Waals surface area contributed by atoms with Crippen LogP contribution in [-0.2, 0) is 6.42 Å². The molecule has 0 aliphatic carbocycles. The van der Waals surface area contributed by atoms with E-state index in [1.54, 1.807) is 7.11 Å². The van der Waals surface area contributed by atoms with Gasteiger partial charge >= 0.3 is 0 Å². The highest BCUT2D eigenvalue weighted by molar-refractivity contribution is 5.91. The fourth-order valence-corrected chi connectivity index (χ4v) is 1.56. The number of ether oxygens (including phenoxy) is 1. The van der Waals surface area contributed by atoms with E-state index >= 15 is 0 Å². The molecule has 0 spiro atoms.